The molecule has 82 valence electrons. The lowest BCUT2D eigenvalue weighted by Gasteiger charge is -2.43. The van der Waals surface area contributed by atoms with Gasteiger partial charge in [0.1, 0.15) is 0 Å². The highest BCUT2D eigenvalue weighted by Crippen LogP contribution is 2.35. The lowest BCUT2D eigenvalue weighted by atomic mass is 9.74. The lowest BCUT2D eigenvalue weighted by Crippen LogP contribution is -2.57. The summed E-state index contributed by atoms with van der Waals surface area (Å²) in [6, 6.07) is 0. The van der Waals surface area contributed by atoms with Gasteiger partial charge in [-0.15, -0.1) is 0 Å². The first-order valence-corrected chi connectivity index (χ1v) is 5.48. The van der Waals surface area contributed by atoms with Crippen molar-refractivity contribution in [3.63, 3.8) is 0 Å². The quantitative estimate of drug-likeness (QED) is 0.718. The fourth-order valence-electron chi connectivity index (χ4n) is 1.67. The summed E-state index contributed by atoms with van der Waals surface area (Å²) in [5, 5.41) is 3.15. The van der Waals surface area contributed by atoms with E-state index in [-0.39, 0.29) is 11.4 Å². The number of carbonyl (C=O) groups excluding carboxylic acids is 1. The summed E-state index contributed by atoms with van der Waals surface area (Å²) >= 11 is 0. The van der Waals surface area contributed by atoms with Gasteiger partial charge < -0.3 is 11.1 Å². The zero-order chi connectivity index (χ0) is 10.8. The third-order valence-corrected chi connectivity index (χ3v) is 3.49. The Labute approximate surface area is 86.4 Å². The minimum Gasteiger partial charge on any atom is -0.350 e. The molecule has 0 aliphatic heterocycles. The second-order valence-electron chi connectivity index (χ2n) is 5.03. The maximum absolute atomic E-state index is 11.9. The van der Waals surface area contributed by atoms with Crippen molar-refractivity contribution in [2.24, 2.45) is 11.1 Å². The maximum Gasteiger partial charge on any atom is 0.227 e. The number of carbonyl (C=O) groups is 1. The highest BCUT2D eigenvalue weighted by molar-refractivity contribution is 5.82. The third-order valence-electron chi connectivity index (χ3n) is 3.49. The third kappa shape index (κ3) is 2.08. The molecule has 0 aromatic rings. The minimum atomic E-state index is -0.433. The van der Waals surface area contributed by atoms with Crippen molar-refractivity contribution in [2.45, 2.75) is 52.0 Å². The van der Waals surface area contributed by atoms with E-state index in [2.05, 4.69) is 12.2 Å². The van der Waals surface area contributed by atoms with Gasteiger partial charge in [0, 0.05) is 12.1 Å². The van der Waals surface area contributed by atoms with Crippen molar-refractivity contribution in [3.05, 3.63) is 0 Å². The molecule has 0 spiro atoms. The van der Waals surface area contributed by atoms with Gasteiger partial charge in [-0.1, -0.05) is 6.92 Å². The van der Waals surface area contributed by atoms with E-state index >= 15 is 0 Å². The Balaban J connectivity index is 2.55. The van der Waals surface area contributed by atoms with Gasteiger partial charge >= 0.3 is 0 Å². The van der Waals surface area contributed by atoms with Gasteiger partial charge in [0.05, 0.1) is 5.41 Å². The Hall–Kier alpha value is -0.570. The number of rotatable bonds is 4. The van der Waals surface area contributed by atoms with Crippen molar-refractivity contribution in [3.8, 4) is 0 Å². The van der Waals surface area contributed by atoms with Gasteiger partial charge in [-0.25, -0.2) is 0 Å². The summed E-state index contributed by atoms with van der Waals surface area (Å²) in [4.78, 5) is 11.9. The van der Waals surface area contributed by atoms with Crippen molar-refractivity contribution in [2.75, 3.05) is 6.54 Å². The molecule has 1 fully saturated rings. The molecule has 1 aliphatic rings. The van der Waals surface area contributed by atoms with Gasteiger partial charge in [-0.3, -0.25) is 4.79 Å². The number of nitrogens with two attached hydrogens (primary N) is 1. The smallest absolute Gasteiger partial charge is 0.227 e. The summed E-state index contributed by atoms with van der Waals surface area (Å²) in [5.74, 6) is 0.0987. The maximum atomic E-state index is 11.9. The van der Waals surface area contributed by atoms with Crippen LogP contribution in [0.5, 0.6) is 0 Å². The van der Waals surface area contributed by atoms with Crippen LogP contribution in [0.4, 0.5) is 0 Å². The number of nitrogens with one attached hydrogen (secondary N) is 1. The first-order valence-electron chi connectivity index (χ1n) is 5.48. The molecule has 0 saturated heterocycles. The Kier molecular flexibility index (Phi) is 3.20. The second kappa shape index (κ2) is 3.89. The molecule has 0 heterocycles. The molecule has 1 rings (SSSR count). The van der Waals surface area contributed by atoms with Crippen LogP contribution >= 0.6 is 0 Å². The molecule has 0 atom stereocenters. The summed E-state index contributed by atoms with van der Waals surface area (Å²) in [6.45, 7) is 6.32. The highest BCUT2D eigenvalue weighted by Gasteiger charge is 2.39. The fraction of sp³-hybridized carbons (Fsp3) is 0.909. The standard InChI is InChI=1S/C11H22N2O/c1-4-11(6-5-7-11)13-9(14)10(2,3)8-12/h4-8,12H2,1-3H3,(H,13,14). The van der Waals surface area contributed by atoms with E-state index in [4.69, 9.17) is 5.73 Å². The molecule has 0 bridgehead atoms. The largest absolute Gasteiger partial charge is 0.350 e. The van der Waals surface area contributed by atoms with Crippen LogP contribution in [0.2, 0.25) is 0 Å². The molecule has 0 unspecified atom stereocenters. The van der Waals surface area contributed by atoms with E-state index in [0.29, 0.717) is 6.54 Å². The zero-order valence-corrected chi connectivity index (χ0v) is 9.52. The minimum absolute atomic E-state index is 0.0868. The molecule has 1 saturated carbocycles. The normalized spacial score (nSPS) is 20.0. The molecule has 0 aromatic heterocycles. The predicted molar refractivity (Wildman–Crippen MR) is 57.9 cm³/mol. The van der Waals surface area contributed by atoms with Crippen molar-refractivity contribution >= 4 is 5.91 Å². The molecule has 3 heteroatoms. The Morgan fingerprint density at radius 1 is 1.50 bits per heavy atom. The molecule has 0 radical (unpaired) electrons. The summed E-state index contributed by atoms with van der Waals surface area (Å²) in [5.41, 5.74) is 5.22. The SMILES string of the molecule is CCC1(NC(=O)C(C)(C)CN)CCC1. The van der Waals surface area contributed by atoms with Gasteiger partial charge in [-0.05, 0) is 39.5 Å². The molecular weight excluding hydrogens is 176 g/mol. The molecule has 3 nitrogen and oxygen atoms in total. The Morgan fingerprint density at radius 3 is 2.36 bits per heavy atom. The summed E-state index contributed by atoms with van der Waals surface area (Å²) in [7, 11) is 0. The van der Waals surface area contributed by atoms with E-state index in [1.807, 2.05) is 13.8 Å². The molecule has 1 aliphatic carbocycles. The first-order chi connectivity index (χ1) is 6.46. The van der Waals surface area contributed by atoms with E-state index in [9.17, 15) is 4.79 Å². The van der Waals surface area contributed by atoms with Crippen molar-refractivity contribution in [1.29, 1.82) is 0 Å². The molecule has 0 aromatic carbocycles. The fourth-order valence-corrected chi connectivity index (χ4v) is 1.67. The molecule has 1 amide bonds. The van der Waals surface area contributed by atoms with Crippen molar-refractivity contribution < 1.29 is 4.79 Å². The first kappa shape index (κ1) is 11.5. The Bertz CT molecular complexity index is 214. The lowest BCUT2D eigenvalue weighted by molar-refractivity contribution is -0.132. The van der Waals surface area contributed by atoms with Crippen LogP contribution in [-0.2, 0) is 4.79 Å². The number of hydrogen-bond acceptors (Lipinski definition) is 2. The highest BCUT2D eigenvalue weighted by atomic mass is 16.2. The molecular formula is C11H22N2O. The molecule has 3 N–H and O–H groups in total. The predicted octanol–water partition coefficient (Wildman–Crippen LogP) is 1.42. The molecule has 14 heavy (non-hydrogen) atoms. The van der Waals surface area contributed by atoms with Crippen LogP contribution in [0.15, 0.2) is 0 Å². The van der Waals surface area contributed by atoms with E-state index in [1.165, 1.54) is 6.42 Å². The topological polar surface area (TPSA) is 55.1 Å². The van der Waals surface area contributed by atoms with Crippen LogP contribution < -0.4 is 11.1 Å². The van der Waals surface area contributed by atoms with Crippen molar-refractivity contribution in [1.82, 2.24) is 5.32 Å². The monoisotopic (exact) mass is 198 g/mol. The number of amides is 1. The summed E-state index contributed by atoms with van der Waals surface area (Å²) in [6.07, 6.45) is 4.50. The zero-order valence-electron chi connectivity index (χ0n) is 9.52. The van der Waals surface area contributed by atoms with Crippen LogP contribution in [0.25, 0.3) is 0 Å². The number of hydrogen-bond donors (Lipinski definition) is 2. The summed E-state index contributed by atoms with van der Waals surface area (Å²) < 4.78 is 0. The van der Waals surface area contributed by atoms with Crippen LogP contribution in [0.3, 0.4) is 0 Å². The van der Waals surface area contributed by atoms with Gasteiger partial charge in [0.25, 0.3) is 0 Å². The Morgan fingerprint density at radius 2 is 2.07 bits per heavy atom. The van der Waals surface area contributed by atoms with E-state index < -0.39 is 5.41 Å². The average molecular weight is 198 g/mol. The van der Waals surface area contributed by atoms with Gasteiger partial charge in [-0.2, -0.15) is 0 Å². The van der Waals surface area contributed by atoms with Gasteiger partial charge in [0.15, 0.2) is 0 Å². The van der Waals surface area contributed by atoms with Crippen LogP contribution in [0.1, 0.15) is 46.5 Å². The van der Waals surface area contributed by atoms with Crippen LogP contribution in [0, 0.1) is 5.41 Å². The second-order valence-corrected chi connectivity index (χ2v) is 5.03. The van der Waals surface area contributed by atoms with Crippen LogP contribution in [-0.4, -0.2) is 18.0 Å². The van der Waals surface area contributed by atoms with E-state index in [1.54, 1.807) is 0 Å². The van der Waals surface area contributed by atoms with E-state index in [0.717, 1.165) is 19.3 Å². The van der Waals surface area contributed by atoms with Gasteiger partial charge in [0.2, 0.25) is 5.91 Å². The average Bonchev–Trinajstić information content (AvgIpc) is 2.10.